The summed E-state index contributed by atoms with van der Waals surface area (Å²) in [4.78, 5) is 17.7. The van der Waals surface area contributed by atoms with E-state index in [9.17, 15) is 4.79 Å². The fourth-order valence-corrected chi connectivity index (χ4v) is 4.51. The minimum atomic E-state index is 0.0793. The molecule has 2 atom stereocenters. The molecule has 0 spiro atoms. The van der Waals surface area contributed by atoms with Crippen LogP contribution < -0.4 is 5.32 Å². The van der Waals surface area contributed by atoms with E-state index < -0.39 is 0 Å². The molecule has 1 amide bonds. The van der Waals surface area contributed by atoms with Crippen molar-refractivity contribution in [1.29, 1.82) is 0 Å². The van der Waals surface area contributed by atoms with Gasteiger partial charge in [-0.1, -0.05) is 52.0 Å². The predicted molar refractivity (Wildman–Crippen MR) is 112 cm³/mol. The Morgan fingerprint density at radius 2 is 1.67 bits per heavy atom. The van der Waals surface area contributed by atoms with Gasteiger partial charge in [-0.25, -0.2) is 0 Å². The zero-order valence-electron chi connectivity index (χ0n) is 17.6. The Bertz CT molecular complexity index is 605. The largest absolute Gasteiger partial charge is 0.348 e. The van der Waals surface area contributed by atoms with Crippen LogP contribution in [-0.2, 0) is 4.79 Å². The summed E-state index contributed by atoms with van der Waals surface area (Å²) < 4.78 is 0. The molecule has 0 aromatic heterocycles. The minimum absolute atomic E-state index is 0.0793. The Balaban J connectivity index is 1.54. The van der Waals surface area contributed by atoms with E-state index >= 15 is 0 Å². The summed E-state index contributed by atoms with van der Waals surface area (Å²) >= 11 is 0. The molecule has 2 saturated heterocycles. The number of likely N-dealkylation sites (tertiary alicyclic amines) is 2. The molecule has 150 valence electrons. The highest BCUT2D eigenvalue weighted by atomic mass is 16.2. The Kier molecular flexibility index (Phi) is 6.93. The van der Waals surface area contributed by atoms with Gasteiger partial charge >= 0.3 is 0 Å². The van der Waals surface area contributed by atoms with Gasteiger partial charge < -0.3 is 5.32 Å². The molecule has 2 aliphatic heterocycles. The van der Waals surface area contributed by atoms with Crippen molar-refractivity contribution < 1.29 is 4.79 Å². The van der Waals surface area contributed by atoms with Crippen LogP contribution in [0.3, 0.4) is 0 Å². The summed E-state index contributed by atoms with van der Waals surface area (Å²) in [6, 6.07) is 9.49. The van der Waals surface area contributed by atoms with Crippen molar-refractivity contribution in [3.8, 4) is 0 Å². The van der Waals surface area contributed by atoms with Gasteiger partial charge in [-0.3, -0.25) is 14.6 Å². The van der Waals surface area contributed by atoms with E-state index in [4.69, 9.17) is 0 Å². The lowest BCUT2D eigenvalue weighted by molar-refractivity contribution is -0.123. The van der Waals surface area contributed by atoms with Gasteiger partial charge in [-0.15, -0.1) is 0 Å². The highest BCUT2D eigenvalue weighted by Crippen LogP contribution is 2.25. The summed E-state index contributed by atoms with van der Waals surface area (Å²) in [5.41, 5.74) is 2.55. The first-order valence-electron chi connectivity index (χ1n) is 10.8. The van der Waals surface area contributed by atoms with E-state index in [1.54, 1.807) is 0 Å². The molecule has 0 radical (unpaired) electrons. The number of hydrogen-bond acceptors (Lipinski definition) is 3. The zero-order chi connectivity index (χ0) is 19.4. The van der Waals surface area contributed by atoms with Crippen LogP contribution >= 0.6 is 0 Å². The second-order valence-corrected chi connectivity index (χ2v) is 9.03. The van der Waals surface area contributed by atoms with Crippen LogP contribution in [0.2, 0.25) is 0 Å². The summed E-state index contributed by atoms with van der Waals surface area (Å²) in [6.45, 7) is 13.9. The molecule has 1 aromatic carbocycles. The number of benzene rings is 1. The lowest BCUT2D eigenvalue weighted by Gasteiger charge is -2.26. The van der Waals surface area contributed by atoms with Gasteiger partial charge in [0.1, 0.15) is 0 Å². The molecule has 4 heteroatoms. The van der Waals surface area contributed by atoms with Crippen molar-refractivity contribution >= 4 is 5.91 Å². The SMILES string of the molecule is CC(C)c1ccc(C(NC(=O)CN2CCC(N3CCCC3)C2)C(C)C)cc1. The van der Waals surface area contributed by atoms with E-state index in [1.165, 1.54) is 43.5 Å². The second kappa shape index (κ2) is 9.20. The van der Waals surface area contributed by atoms with E-state index in [2.05, 4.69) is 67.1 Å². The summed E-state index contributed by atoms with van der Waals surface area (Å²) in [6.07, 6.45) is 3.88. The molecular formula is C23H37N3O. The summed E-state index contributed by atoms with van der Waals surface area (Å²) in [7, 11) is 0. The van der Waals surface area contributed by atoms with E-state index in [0.717, 1.165) is 13.1 Å². The summed E-state index contributed by atoms with van der Waals surface area (Å²) in [5, 5.41) is 3.30. The average molecular weight is 372 g/mol. The molecule has 3 rings (SSSR count). The van der Waals surface area contributed by atoms with Gasteiger partial charge in [-0.05, 0) is 55.3 Å². The molecule has 1 N–H and O–H groups in total. The molecule has 0 saturated carbocycles. The third kappa shape index (κ3) is 5.32. The van der Waals surface area contributed by atoms with Crippen LogP contribution in [0.25, 0.3) is 0 Å². The maximum Gasteiger partial charge on any atom is 0.234 e. The van der Waals surface area contributed by atoms with E-state index in [-0.39, 0.29) is 11.9 Å². The molecule has 1 aromatic rings. The smallest absolute Gasteiger partial charge is 0.234 e. The van der Waals surface area contributed by atoms with E-state index in [1.807, 2.05) is 0 Å². The average Bonchev–Trinajstić information content (AvgIpc) is 3.31. The monoisotopic (exact) mass is 371 g/mol. The van der Waals surface area contributed by atoms with Crippen LogP contribution in [-0.4, -0.2) is 54.5 Å². The van der Waals surface area contributed by atoms with Crippen LogP contribution in [0.1, 0.15) is 70.0 Å². The Labute approximate surface area is 165 Å². The van der Waals surface area contributed by atoms with Crippen LogP contribution in [0.5, 0.6) is 0 Å². The number of carbonyl (C=O) groups is 1. The number of rotatable bonds is 7. The van der Waals surface area contributed by atoms with Gasteiger partial charge in [0.15, 0.2) is 0 Å². The fourth-order valence-electron chi connectivity index (χ4n) is 4.51. The third-order valence-corrected chi connectivity index (χ3v) is 6.22. The van der Waals surface area contributed by atoms with Crippen LogP contribution in [0, 0.1) is 5.92 Å². The highest BCUT2D eigenvalue weighted by molar-refractivity contribution is 5.78. The minimum Gasteiger partial charge on any atom is -0.348 e. The lowest BCUT2D eigenvalue weighted by Crippen LogP contribution is -2.41. The van der Waals surface area contributed by atoms with Crippen molar-refractivity contribution in [3.63, 3.8) is 0 Å². The van der Waals surface area contributed by atoms with Gasteiger partial charge in [0, 0.05) is 19.1 Å². The maximum atomic E-state index is 12.7. The van der Waals surface area contributed by atoms with Gasteiger partial charge in [0.05, 0.1) is 12.6 Å². The quantitative estimate of drug-likeness (QED) is 0.792. The number of hydrogen-bond donors (Lipinski definition) is 1. The molecule has 0 aliphatic carbocycles. The topological polar surface area (TPSA) is 35.6 Å². The van der Waals surface area contributed by atoms with Crippen molar-refractivity contribution in [2.45, 2.75) is 65.0 Å². The standard InChI is InChI=1S/C23H37N3O/c1-17(2)19-7-9-20(10-8-19)23(18(3)4)24-22(27)16-25-14-11-21(15-25)26-12-5-6-13-26/h7-10,17-18,21,23H,5-6,11-16H2,1-4H3,(H,24,27). The van der Waals surface area contributed by atoms with Crippen molar-refractivity contribution in [3.05, 3.63) is 35.4 Å². The third-order valence-electron chi connectivity index (χ3n) is 6.22. The lowest BCUT2D eigenvalue weighted by atomic mass is 9.93. The van der Waals surface area contributed by atoms with Gasteiger partial charge in [0.25, 0.3) is 0 Å². The molecule has 2 heterocycles. The number of nitrogens with zero attached hydrogens (tertiary/aromatic N) is 2. The number of carbonyl (C=O) groups excluding carboxylic acids is 1. The maximum absolute atomic E-state index is 12.7. The van der Waals surface area contributed by atoms with E-state index in [0.29, 0.717) is 24.4 Å². The van der Waals surface area contributed by atoms with Crippen LogP contribution in [0.4, 0.5) is 0 Å². The van der Waals surface area contributed by atoms with Crippen molar-refractivity contribution in [1.82, 2.24) is 15.1 Å². The first-order valence-corrected chi connectivity index (χ1v) is 10.8. The Morgan fingerprint density at radius 3 is 2.26 bits per heavy atom. The predicted octanol–water partition coefficient (Wildman–Crippen LogP) is 3.79. The first-order chi connectivity index (χ1) is 12.9. The molecule has 0 bridgehead atoms. The summed E-state index contributed by atoms with van der Waals surface area (Å²) in [5.74, 6) is 1.06. The first kappa shape index (κ1) is 20.3. The molecule has 2 unspecified atom stereocenters. The van der Waals surface area contributed by atoms with Gasteiger partial charge in [0.2, 0.25) is 5.91 Å². The molecule has 2 fully saturated rings. The van der Waals surface area contributed by atoms with Crippen molar-refractivity contribution in [2.24, 2.45) is 5.92 Å². The Hall–Kier alpha value is -1.39. The fraction of sp³-hybridized carbons (Fsp3) is 0.696. The number of amides is 1. The molecular weight excluding hydrogens is 334 g/mol. The molecule has 2 aliphatic rings. The second-order valence-electron chi connectivity index (χ2n) is 9.03. The molecule has 27 heavy (non-hydrogen) atoms. The zero-order valence-corrected chi connectivity index (χ0v) is 17.6. The Morgan fingerprint density at radius 1 is 1.04 bits per heavy atom. The van der Waals surface area contributed by atoms with Crippen molar-refractivity contribution in [2.75, 3.05) is 32.7 Å². The highest BCUT2D eigenvalue weighted by Gasteiger charge is 2.30. The number of nitrogens with one attached hydrogen (secondary N) is 1. The molecule has 4 nitrogen and oxygen atoms in total. The van der Waals surface area contributed by atoms with Crippen LogP contribution in [0.15, 0.2) is 24.3 Å². The van der Waals surface area contributed by atoms with Gasteiger partial charge in [-0.2, -0.15) is 0 Å². The normalized spacial score (nSPS) is 22.7.